The summed E-state index contributed by atoms with van der Waals surface area (Å²) in [6.07, 6.45) is 5.00. The van der Waals surface area contributed by atoms with E-state index in [4.69, 9.17) is 4.74 Å². The van der Waals surface area contributed by atoms with E-state index < -0.39 is 0 Å². The monoisotopic (exact) mass is 381 g/mol. The van der Waals surface area contributed by atoms with Crippen LogP contribution in [0.2, 0.25) is 0 Å². The summed E-state index contributed by atoms with van der Waals surface area (Å²) in [5.74, 6) is -0.954. The largest absolute Gasteiger partial charge is 0.378 e. The van der Waals surface area contributed by atoms with Gasteiger partial charge >= 0.3 is 0 Å². The van der Waals surface area contributed by atoms with E-state index in [2.05, 4.69) is 22.4 Å². The van der Waals surface area contributed by atoms with Crippen molar-refractivity contribution in [1.29, 1.82) is 0 Å². The van der Waals surface area contributed by atoms with Gasteiger partial charge in [-0.1, -0.05) is 24.3 Å². The summed E-state index contributed by atoms with van der Waals surface area (Å²) in [5.41, 5.74) is 1.62. The average Bonchev–Trinajstić information content (AvgIpc) is 3.39. The summed E-state index contributed by atoms with van der Waals surface area (Å²) in [7, 11) is 0. The van der Waals surface area contributed by atoms with Gasteiger partial charge in [0.05, 0.1) is 36.4 Å². The lowest BCUT2D eigenvalue weighted by Gasteiger charge is -2.30. The predicted molar refractivity (Wildman–Crippen MR) is 103 cm³/mol. The minimum Gasteiger partial charge on any atom is -0.378 e. The number of carbonyl (C=O) groups excluding carboxylic acids is 3. The molecule has 4 atom stereocenters. The molecule has 0 aromatic heterocycles. The van der Waals surface area contributed by atoms with Crippen LogP contribution in [0.25, 0.3) is 0 Å². The van der Waals surface area contributed by atoms with Crippen LogP contribution < -0.4 is 10.2 Å². The number of para-hydroxylation sites is 2. The Hall–Kier alpha value is -2.67. The SMILES string of the molecule is O=C(CN1C(=O)[C@@H]2[C@H](C1=O)[C@H]1C=C[C@H]2C1)Nc1ccccc1N1CCOCC1. The first kappa shape index (κ1) is 17.4. The number of allylic oxidation sites excluding steroid dienone is 2. The number of nitrogens with one attached hydrogen (secondary N) is 1. The van der Waals surface area contributed by atoms with E-state index >= 15 is 0 Å². The van der Waals surface area contributed by atoms with Crippen molar-refractivity contribution in [2.24, 2.45) is 23.7 Å². The van der Waals surface area contributed by atoms with Crippen LogP contribution in [0, 0.1) is 23.7 Å². The first-order chi connectivity index (χ1) is 13.6. The molecular formula is C21H23N3O4. The molecule has 2 aliphatic heterocycles. The molecule has 0 spiro atoms. The van der Waals surface area contributed by atoms with Gasteiger partial charge in [0, 0.05) is 13.1 Å². The zero-order valence-corrected chi connectivity index (χ0v) is 15.5. The molecule has 1 saturated carbocycles. The van der Waals surface area contributed by atoms with Gasteiger partial charge in [0.1, 0.15) is 6.54 Å². The zero-order chi connectivity index (χ0) is 19.3. The van der Waals surface area contributed by atoms with E-state index in [0.29, 0.717) is 18.9 Å². The van der Waals surface area contributed by atoms with Gasteiger partial charge in [0.25, 0.3) is 0 Å². The number of rotatable bonds is 4. The number of imide groups is 1. The highest BCUT2D eigenvalue weighted by atomic mass is 16.5. The third-order valence-electron chi connectivity index (χ3n) is 6.39. The average molecular weight is 381 g/mol. The summed E-state index contributed by atoms with van der Waals surface area (Å²) in [6.45, 7) is 2.60. The molecule has 2 bridgehead atoms. The van der Waals surface area contributed by atoms with E-state index in [1.807, 2.05) is 24.3 Å². The summed E-state index contributed by atoms with van der Waals surface area (Å²) < 4.78 is 5.40. The number of anilines is 2. The fourth-order valence-electron chi connectivity index (χ4n) is 5.11. The number of hydrogen-bond donors (Lipinski definition) is 1. The second kappa shape index (κ2) is 6.74. The van der Waals surface area contributed by atoms with E-state index in [1.54, 1.807) is 0 Å². The maximum atomic E-state index is 12.8. The van der Waals surface area contributed by atoms with E-state index in [9.17, 15) is 14.4 Å². The Morgan fingerprint density at radius 2 is 1.68 bits per heavy atom. The third kappa shape index (κ3) is 2.73. The maximum Gasteiger partial charge on any atom is 0.244 e. The van der Waals surface area contributed by atoms with Crippen molar-refractivity contribution in [2.45, 2.75) is 6.42 Å². The van der Waals surface area contributed by atoms with Crippen LogP contribution in [0.15, 0.2) is 36.4 Å². The standard InChI is InChI=1S/C21H23N3O4/c25-17(22-15-3-1-2-4-16(15)23-7-9-28-10-8-23)12-24-20(26)18-13-5-6-14(11-13)19(18)21(24)27/h1-6,13-14,18-19H,7-12H2,(H,22,25)/t13-,14-,18-,19+/m0/s1. The van der Waals surface area contributed by atoms with Gasteiger partial charge in [-0.3, -0.25) is 19.3 Å². The van der Waals surface area contributed by atoms with Crippen molar-refractivity contribution in [1.82, 2.24) is 4.90 Å². The van der Waals surface area contributed by atoms with Crippen molar-refractivity contribution < 1.29 is 19.1 Å². The predicted octanol–water partition coefficient (Wildman–Crippen LogP) is 1.27. The van der Waals surface area contributed by atoms with Crippen molar-refractivity contribution in [3.63, 3.8) is 0 Å². The molecule has 3 fully saturated rings. The Morgan fingerprint density at radius 3 is 2.36 bits per heavy atom. The number of likely N-dealkylation sites (tertiary alicyclic amines) is 1. The molecule has 2 heterocycles. The first-order valence-electron chi connectivity index (χ1n) is 9.88. The van der Waals surface area contributed by atoms with E-state index in [0.717, 1.165) is 30.1 Å². The molecule has 4 aliphatic rings. The van der Waals surface area contributed by atoms with Crippen LogP contribution in [-0.4, -0.2) is 55.5 Å². The molecule has 0 radical (unpaired) electrons. The van der Waals surface area contributed by atoms with Crippen LogP contribution in [0.5, 0.6) is 0 Å². The minimum atomic E-state index is -0.345. The third-order valence-corrected chi connectivity index (χ3v) is 6.39. The summed E-state index contributed by atoms with van der Waals surface area (Å²) in [5, 5.41) is 2.90. The smallest absolute Gasteiger partial charge is 0.244 e. The topological polar surface area (TPSA) is 79.0 Å². The molecule has 7 nitrogen and oxygen atoms in total. The Balaban J connectivity index is 1.29. The quantitative estimate of drug-likeness (QED) is 0.628. The van der Waals surface area contributed by atoms with Gasteiger partial charge in [-0.15, -0.1) is 0 Å². The molecule has 146 valence electrons. The van der Waals surface area contributed by atoms with Crippen LogP contribution in [0.4, 0.5) is 11.4 Å². The molecule has 1 aromatic rings. The van der Waals surface area contributed by atoms with Crippen LogP contribution >= 0.6 is 0 Å². The lowest BCUT2D eigenvalue weighted by atomic mass is 9.85. The molecule has 1 N–H and O–H groups in total. The van der Waals surface area contributed by atoms with Gasteiger partial charge in [-0.25, -0.2) is 0 Å². The van der Waals surface area contributed by atoms with E-state index in [-0.39, 0.29) is 47.9 Å². The number of ether oxygens (including phenoxy) is 1. The molecule has 28 heavy (non-hydrogen) atoms. The molecular weight excluding hydrogens is 358 g/mol. The van der Waals surface area contributed by atoms with Gasteiger partial charge in [0.2, 0.25) is 17.7 Å². The number of benzene rings is 1. The Bertz CT molecular complexity index is 831. The van der Waals surface area contributed by atoms with E-state index in [1.165, 1.54) is 0 Å². The fourth-order valence-corrected chi connectivity index (χ4v) is 5.11. The number of nitrogens with zero attached hydrogens (tertiary/aromatic N) is 2. The normalized spacial score (nSPS) is 30.9. The number of morpholine rings is 1. The van der Waals surface area contributed by atoms with Gasteiger partial charge in [0.15, 0.2) is 0 Å². The second-order valence-corrected chi connectivity index (χ2v) is 7.93. The van der Waals surface area contributed by atoms with Crippen molar-refractivity contribution in [2.75, 3.05) is 43.1 Å². The Morgan fingerprint density at radius 1 is 1.04 bits per heavy atom. The molecule has 0 unspecified atom stereocenters. The maximum absolute atomic E-state index is 12.8. The molecule has 3 amide bonds. The van der Waals surface area contributed by atoms with Crippen molar-refractivity contribution >= 4 is 29.1 Å². The van der Waals surface area contributed by atoms with Gasteiger partial charge < -0.3 is 15.0 Å². The lowest BCUT2D eigenvalue weighted by Crippen LogP contribution is -2.40. The highest BCUT2D eigenvalue weighted by molar-refractivity contribution is 6.09. The first-order valence-corrected chi connectivity index (χ1v) is 9.88. The number of fused-ring (bicyclic) bond motifs is 5. The van der Waals surface area contributed by atoms with Gasteiger partial charge in [-0.2, -0.15) is 0 Å². The van der Waals surface area contributed by atoms with Crippen LogP contribution in [0.1, 0.15) is 6.42 Å². The van der Waals surface area contributed by atoms with Crippen molar-refractivity contribution in [3.8, 4) is 0 Å². The Labute approximate surface area is 163 Å². The van der Waals surface area contributed by atoms with Crippen LogP contribution in [0.3, 0.4) is 0 Å². The highest BCUT2D eigenvalue weighted by Crippen LogP contribution is 2.52. The molecule has 2 aliphatic carbocycles. The fraction of sp³-hybridized carbons (Fsp3) is 0.476. The number of hydrogen-bond acceptors (Lipinski definition) is 5. The molecule has 5 rings (SSSR count). The van der Waals surface area contributed by atoms with Crippen molar-refractivity contribution in [3.05, 3.63) is 36.4 Å². The second-order valence-electron chi connectivity index (χ2n) is 7.93. The van der Waals surface area contributed by atoms with Gasteiger partial charge in [-0.05, 0) is 30.4 Å². The number of amides is 3. The highest BCUT2D eigenvalue weighted by Gasteiger charge is 2.59. The molecule has 1 aromatic carbocycles. The minimum absolute atomic E-state index is 0.154. The number of carbonyl (C=O) groups is 3. The Kier molecular flexibility index (Phi) is 4.19. The zero-order valence-electron chi connectivity index (χ0n) is 15.5. The molecule has 7 heteroatoms. The summed E-state index contributed by atoms with van der Waals surface area (Å²) in [6, 6.07) is 7.59. The summed E-state index contributed by atoms with van der Waals surface area (Å²) in [4.78, 5) is 41.5. The lowest BCUT2D eigenvalue weighted by molar-refractivity contribution is -0.143. The summed E-state index contributed by atoms with van der Waals surface area (Å²) >= 11 is 0. The molecule has 2 saturated heterocycles. The van der Waals surface area contributed by atoms with Crippen LogP contribution in [-0.2, 0) is 19.1 Å².